The Bertz CT molecular complexity index is 289. The van der Waals surface area contributed by atoms with Gasteiger partial charge in [-0.25, -0.2) is 0 Å². The largest absolute Gasteiger partial charge is 0.480 e. The minimum atomic E-state index is -0.800. The third kappa shape index (κ3) is 6.39. The normalized spacial score (nSPS) is 20.3. The Labute approximate surface area is 116 Å². The monoisotopic (exact) mass is 271 g/mol. The molecule has 112 valence electrons. The molecule has 0 aliphatic heterocycles. The lowest BCUT2D eigenvalue weighted by molar-refractivity contribution is -0.144. The zero-order valence-electron chi connectivity index (χ0n) is 12.7. The fraction of sp³-hybridized carbons (Fsp3) is 0.933. The molecule has 2 unspecified atom stereocenters. The molecule has 0 heterocycles. The van der Waals surface area contributed by atoms with E-state index in [2.05, 4.69) is 26.1 Å². The van der Waals surface area contributed by atoms with Gasteiger partial charge in [-0.1, -0.05) is 13.8 Å². The summed E-state index contributed by atoms with van der Waals surface area (Å²) in [6, 6.07) is 0.405. The van der Waals surface area contributed by atoms with Crippen LogP contribution in [-0.2, 0) is 9.53 Å². The van der Waals surface area contributed by atoms with Gasteiger partial charge in [-0.15, -0.1) is 0 Å². The molecule has 1 aliphatic rings. The van der Waals surface area contributed by atoms with E-state index < -0.39 is 11.5 Å². The third-order valence-electron chi connectivity index (χ3n) is 3.60. The highest BCUT2D eigenvalue weighted by Crippen LogP contribution is 2.25. The number of rotatable bonds is 10. The first-order valence-corrected chi connectivity index (χ1v) is 7.46. The number of carboxylic acid groups (broad SMARTS) is 1. The van der Waals surface area contributed by atoms with E-state index in [1.54, 1.807) is 6.92 Å². The summed E-state index contributed by atoms with van der Waals surface area (Å²) < 4.78 is 5.73. The van der Waals surface area contributed by atoms with Gasteiger partial charge in [0.25, 0.3) is 0 Å². The Morgan fingerprint density at radius 3 is 2.53 bits per heavy atom. The summed E-state index contributed by atoms with van der Waals surface area (Å²) in [6.45, 7) is 8.87. The van der Waals surface area contributed by atoms with Gasteiger partial charge >= 0.3 is 5.97 Å². The summed E-state index contributed by atoms with van der Waals surface area (Å²) in [5, 5.41) is 12.6. The van der Waals surface area contributed by atoms with E-state index in [4.69, 9.17) is 4.74 Å². The maximum atomic E-state index is 11.4. The second kappa shape index (κ2) is 7.25. The topological polar surface area (TPSA) is 58.6 Å². The Morgan fingerprint density at radius 1 is 1.42 bits per heavy atom. The molecule has 1 fully saturated rings. The molecule has 0 saturated heterocycles. The Kier molecular flexibility index (Phi) is 6.27. The number of ether oxygens (including phenoxy) is 1. The fourth-order valence-electron chi connectivity index (χ4n) is 2.36. The predicted molar refractivity (Wildman–Crippen MR) is 76.3 cm³/mol. The molecule has 1 saturated carbocycles. The number of carboxylic acids is 1. The van der Waals surface area contributed by atoms with Crippen LogP contribution < -0.4 is 5.32 Å². The number of aliphatic carboxylic acids is 1. The van der Waals surface area contributed by atoms with Crippen LogP contribution in [0.25, 0.3) is 0 Å². The van der Waals surface area contributed by atoms with Crippen molar-refractivity contribution in [3.8, 4) is 0 Å². The van der Waals surface area contributed by atoms with Gasteiger partial charge < -0.3 is 9.84 Å². The molecule has 4 nitrogen and oxygen atoms in total. The van der Waals surface area contributed by atoms with E-state index in [0.29, 0.717) is 25.0 Å². The first-order chi connectivity index (χ1) is 8.83. The highest BCUT2D eigenvalue weighted by atomic mass is 16.5. The zero-order valence-corrected chi connectivity index (χ0v) is 12.7. The number of nitrogens with one attached hydrogen (secondary N) is 1. The summed E-state index contributed by atoms with van der Waals surface area (Å²) in [7, 11) is 0. The van der Waals surface area contributed by atoms with Gasteiger partial charge in [0.1, 0.15) is 5.54 Å². The van der Waals surface area contributed by atoms with E-state index in [-0.39, 0.29) is 6.10 Å². The van der Waals surface area contributed by atoms with Gasteiger partial charge in [0, 0.05) is 12.6 Å². The molecule has 2 atom stereocenters. The van der Waals surface area contributed by atoms with Crippen LogP contribution in [0.5, 0.6) is 0 Å². The third-order valence-corrected chi connectivity index (χ3v) is 3.60. The van der Waals surface area contributed by atoms with Crippen molar-refractivity contribution >= 4 is 5.97 Å². The highest BCUT2D eigenvalue weighted by molar-refractivity contribution is 5.78. The van der Waals surface area contributed by atoms with Crippen LogP contribution in [0.2, 0.25) is 0 Å². The SMILES string of the molecule is CC(C)CC(C)OCCCC(C)(NC1CC1)C(=O)O. The Morgan fingerprint density at radius 2 is 2.05 bits per heavy atom. The van der Waals surface area contributed by atoms with Crippen LogP contribution >= 0.6 is 0 Å². The van der Waals surface area contributed by atoms with Crippen LogP contribution in [0.1, 0.15) is 59.8 Å². The zero-order chi connectivity index (χ0) is 14.5. The quantitative estimate of drug-likeness (QED) is 0.600. The maximum Gasteiger partial charge on any atom is 0.323 e. The Balaban J connectivity index is 2.22. The molecule has 0 aromatic carbocycles. The van der Waals surface area contributed by atoms with E-state index in [1.807, 2.05) is 0 Å². The first-order valence-electron chi connectivity index (χ1n) is 7.46. The van der Waals surface area contributed by atoms with E-state index >= 15 is 0 Å². The van der Waals surface area contributed by atoms with Gasteiger partial charge in [-0.2, -0.15) is 0 Å². The van der Waals surface area contributed by atoms with Crippen LogP contribution in [0.4, 0.5) is 0 Å². The van der Waals surface area contributed by atoms with E-state index in [1.165, 1.54) is 0 Å². The van der Waals surface area contributed by atoms with Crippen molar-refractivity contribution in [2.24, 2.45) is 5.92 Å². The molecule has 1 aliphatic carbocycles. The highest BCUT2D eigenvalue weighted by Gasteiger charge is 2.37. The minimum absolute atomic E-state index is 0.257. The molecule has 0 bridgehead atoms. The number of hydrogen-bond acceptors (Lipinski definition) is 3. The first kappa shape index (κ1) is 16.4. The molecule has 19 heavy (non-hydrogen) atoms. The van der Waals surface area contributed by atoms with Crippen molar-refractivity contribution in [3.05, 3.63) is 0 Å². The van der Waals surface area contributed by atoms with Crippen molar-refractivity contribution in [2.75, 3.05) is 6.61 Å². The minimum Gasteiger partial charge on any atom is -0.480 e. The van der Waals surface area contributed by atoms with Gasteiger partial charge in [-0.3, -0.25) is 10.1 Å². The summed E-state index contributed by atoms with van der Waals surface area (Å²) in [6.07, 6.45) is 4.91. The second-order valence-corrected chi connectivity index (χ2v) is 6.47. The standard InChI is InChI=1S/C15H29NO3/c1-11(2)10-12(3)19-9-5-8-15(4,14(17)18)16-13-6-7-13/h11-13,16H,5-10H2,1-4H3,(H,17,18). The lowest BCUT2D eigenvalue weighted by atomic mass is 9.96. The maximum absolute atomic E-state index is 11.4. The molecule has 1 rings (SSSR count). The van der Waals surface area contributed by atoms with E-state index in [0.717, 1.165) is 25.7 Å². The van der Waals surface area contributed by atoms with Crippen molar-refractivity contribution in [1.29, 1.82) is 0 Å². The smallest absolute Gasteiger partial charge is 0.323 e. The average Bonchev–Trinajstić information content (AvgIpc) is 3.07. The molecular weight excluding hydrogens is 242 g/mol. The average molecular weight is 271 g/mol. The van der Waals surface area contributed by atoms with Crippen molar-refractivity contribution in [3.63, 3.8) is 0 Å². The van der Waals surface area contributed by atoms with Crippen molar-refractivity contribution < 1.29 is 14.6 Å². The lowest BCUT2D eigenvalue weighted by Crippen LogP contribution is -2.50. The molecule has 0 aromatic heterocycles. The summed E-state index contributed by atoms with van der Waals surface area (Å²) in [5.74, 6) is -0.120. The lowest BCUT2D eigenvalue weighted by Gasteiger charge is -2.26. The molecule has 4 heteroatoms. The number of carbonyl (C=O) groups is 1. The molecule has 0 aromatic rings. The number of hydrogen-bond donors (Lipinski definition) is 2. The van der Waals surface area contributed by atoms with Crippen LogP contribution in [0.3, 0.4) is 0 Å². The van der Waals surface area contributed by atoms with E-state index in [9.17, 15) is 9.90 Å². The van der Waals surface area contributed by atoms with Crippen LogP contribution in [0.15, 0.2) is 0 Å². The van der Waals surface area contributed by atoms with Gasteiger partial charge in [-0.05, 0) is 51.9 Å². The van der Waals surface area contributed by atoms with Crippen molar-refractivity contribution in [2.45, 2.75) is 77.5 Å². The molecule has 0 amide bonds. The predicted octanol–water partition coefficient (Wildman–Crippen LogP) is 2.81. The van der Waals surface area contributed by atoms with Gasteiger partial charge in [0.15, 0.2) is 0 Å². The van der Waals surface area contributed by atoms with Crippen LogP contribution in [-0.4, -0.2) is 35.4 Å². The molecule has 2 N–H and O–H groups in total. The fourth-order valence-corrected chi connectivity index (χ4v) is 2.36. The summed E-state index contributed by atoms with van der Waals surface area (Å²) in [5.41, 5.74) is -0.800. The molecule has 0 radical (unpaired) electrons. The van der Waals surface area contributed by atoms with Gasteiger partial charge in [0.05, 0.1) is 6.10 Å². The van der Waals surface area contributed by atoms with Crippen LogP contribution in [0, 0.1) is 5.92 Å². The van der Waals surface area contributed by atoms with Gasteiger partial charge in [0.2, 0.25) is 0 Å². The van der Waals surface area contributed by atoms with Crippen molar-refractivity contribution in [1.82, 2.24) is 5.32 Å². The molecular formula is C15H29NO3. The summed E-state index contributed by atoms with van der Waals surface area (Å²) in [4.78, 5) is 11.4. The molecule has 0 spiro atoms. The second-order valence-electron chi connectivity index (χ2n) is 6.47. The Hall–Kier alpha value is -0.610. The summed E-state index contributed by atoms with van der Waals surface area (Å²) >= 11 is 0.